The summed E-state index contributed by atoms with van der Waals surface area (Å²) in [6, 6.07) is 8.60. The lowest BCUT2D eigenvalue weighted by Gasteiger charge is -2.15. The van der Waals surface area contributed by atoms with Crippen molar-refractivity contribution in [2.45, 2.75) is 38.6 Å². The van der Waals surface area contributed by atoms with Gasteiger partial charge < -0.3 is 15.2 Å². The Balaban J connectivity index is 2.28. The summed E-state index contributed by atoms with van der Waals surface area (Å²) in [5, 5.41) is 12.2. The van der Waals surface area contributed by atoms with Gasteiger partial charge in [-0.25, -0.2) is 0 Å². The van der Waals surface area contributed by atoms with Gasteiger partial charge in [-0.15, -0.1) is 0 Å². The largest absolute Gasteiger partial charge is 0.496 e. The Hall–Kier alpha value is -1.06. The maximum absolute atomic E-state index is 8.69. The maximum atomic E-state index is 8.69. The molecule has 0 heterocycles. The molecule has 0 aliphatic rings. The van der Waals surface area contributed by atoms with E-state index < -0.39 is 0 Å². The summed E-state index contributed by atoms with van der Waals surface area (Å²) < 4.78 is 5.35. The van der Waals surface area contributed by atoms with E-state index >= 15 is 0 Å². The van der Waals surface area contributed by atoms with E-state index in [1.165, 1.54) is 5.56 Å². The van der Waals surface area contributed by atoms with Crippen molar-refractivity contribution in [3.8, 4) is 5.75 Å². The molecule has 18 heavy (non-hydrogen) atoms. The molecule has 1 aromatic rings. The molecule has 0 aromatic heterocycles. The van der Waals surface area contributed by atoms with Gasteiger partial charge in [0.25, 0.3) is 0 Å². The number of ether oxygens (including phenoxy) is 1. The van der Waals surface area contributed by atoms with E-state index in [1.807, 2.05) is 18.2 Å². The molecule has 0 radical (unpaired) electrons. The van der Waals surface area contributed by atoms with Crippen molar-refractivity contribution in [2.75, 3.05) is 20.3 Å². The molecule has 2 N–H and O–H groups in total. The molecular formula is C15H25NO2. The third kappa shape index (κ3) is 5.52. The van der Waals surface area contributed by atoms with Crippen LogP contribution in [0.2, 0.25) is 0 Å². The van der Waals surface area contributed by atoms with Crippen LogP contribution in [0.15, 0.2) is 24.3 Å². The molecule has 1 unspecified atom stereocenters. The molecule has 0 fully saturated rings. The second-order valence-corrected chi connectivity index (χ2v) is 4.66. The Morgan fingerprint density at radius 2 is 2.00 bits per heavy atom. The van der Waals surface area contributed by atoms with Crippen LogP contribution in [-0.4, -0.2) is 31.4 Å². The zero-order chi connectivity index (χ0) is 13.2. The van der Waals surface area contributed by atoms with Crippen molar-refractivity contribution in [1.82, 2.24) is 5.32 Å². The molecule has 1 atom stereocenters. The topological polar surface area (TPSA) is 41.5 Å². The Bertz CT molecular complexity index is 328. The van der Waals surface area contributed by atoms with Crippen molar-refractivity contribution >= 4 is 0 Å². The van der Waals surface area contributed by atoms with Crippen LogP contribution in [0.4, 0.5) is 0 Å². The lowest BCUT2D eigenvalue weighted by Crippen LogP contribution is -2.29. The van der Waals surface area contributed by atoms with Crippen LogP contribution >= 0.6 is 0 Å². The lowest BCUT2D eigenvalue weighted by molar-refractivity contribution is 0.282. The highest BCUT2D eigenvalue weighted by Gasteiger charge is 2.06. The number of unbranched alkanes of at least 4 members (excludes halogenated alkanes) is 2. The van der Waals surface area contributed by atoms with Crippen LogP contribution in [0, 0.1) is 0 Å². The molecule has 0 saturated heterocycles. The van der Waals surface area contributed by atoms with Gasteiger partial charge in [0, 0.05) is 12.6 Å². The van der Waals surface area contributed by atoms with Gasteiger partial charge in [-0.2, -0.15) is 0 Å². The van der Waals surface area contributed by atoms with Gasteiger partial charge in [0.15, 0.2) is 0 Å². The molecule has 102 valence electrons. The highest BCUT2D eigenvalue weighted by Crippen LogP contribution is 2.18. The Morgan fingerprint density at radius 1 is 1.22 bits per heavy atom. The number of benzene rings is 1. The van der Waals surface area contributed by atoms with Gasteiger partial charge in [0.2, 0.25) is 0 Å². The summed E-state index contributed by atoms with van der Waals surface area (Å²) in [6.07, 6.45) is 4.09. The van der Waals surface area contributed by atoms with E-state index in [0.29, 0.717) is 12.6 Å². The molecule has 0 aliphatic carbocycles. The van der Waals surface area contributed by atoms with E-state index in [4.69, 9.17) is 9.84 Å². The number of aliphatic hydroxyl groups excluding tert-OH is 1. The monoisotopic (exact) mass is 251 g/mol. The smallest absolute Gasteiger partial charge is 0.122 e. The number of hydrogen-bond donors (Lipinski definition) is 2. The molecule has 0 spiro atoms. The van der Waals surface area contributed by atoms with Gasteiger partial charge in [-0.1, -0.05) is 18.2 Å². The average Bonchev–Trinajstić information content (AvgIpc) is 2.39. The minimum atomic E-state index is 0.302. The van der Waals surface area contributed by atoms with Crippen molar-refractivity contribution in [1.29, 1.82) is 0 Å². The summed E-state index contributed by atoms with van der Waals surface area (Å²) in [5.74, 6) is 0.964. The molecule has 3 nitrogen and oxygen atoms in total. The van der Waals surface area contributed by atoms with Crippen molar-refractivity contribution < 1.29 is 9.84 Å². The van der Waals surface area contributed by atoms with Crippen LogP contribution in [0.1, 0.15) is 31.7 Å². The molecular weight excluding hydrogens is 226 g/mol. The third-order valence-electron chi connectivity index (χ3n) is 3.05. The van der Waals surface area contributed by atoms with Gasteiger partial charge >= 0.3 is 0 Å². The number of hydrogen-bond acceptors (Lipinski definition) is 3. The minimum absolute atomic E-state index is 0.302. The molecule has 1 aromatic carbocycles. The fourth-order valence-electron chi connectivity index (χ4n) is 2.04. The molecule has 0 saturated carbocycles. The van der Waals surface area contributed by atoms with E-state index in [9.17, 15) is 0 Å². The number of methoxy groups -OCH3 is 1. The summed E-state index contributed by atoms with van der Waals surface area (Å²) in [6.45, 7) is 3.51. The standard InChI is InChI=1S/C15H25NO2/c1-13(16-10-6-3-7-11-17)12-14-8-4-5-9-15(14)18-2/h4-5,8-9,13,16-17H,3,6-7,10-12H2,1-2H3. The quantitative estimate of drug-likeness (QED) is 0.662. The fourth-order valence-corrected chi connectivity index (χ4v) is 2.04. The Labute approximate surface area is 110 Å². The maximum Gasteiger partial charge on any atom is 0.122 e. The first kappa shape index (κ1) is 15.0. The van der Waals surface area contributed by atoms with Gasteiger partial charge in [0.1, 0.15) is 5.75 Å². The van der Waals surface area contributed by atoms with Crippen LogP contribution in [0.5, 0.6) is 5.75 Å². The third-order valence-corrected chi connectivity index (χ3v) is 3.05. The Kier molecular flexibility index (Phi) is 7.46. The SMILES string of the molecule is COc1ccccc1CC(C)NCCCCCO. The lowest BCUT2D eigenvalue weighted by atomic mass is 10.1. The normalized spacial score (nSPS) is 12.4. The van der Waals surface area contributed by atoms with E-state index in [0.717, 1.165) is 38.0 Å². The number of nitrogens with one attached hydrogen (secondary N) is 1. The summed E-state index contributed by atoms with van der Waals surface area (Å²) in [4.78, 5) is 0. The van der Waals surface area contributed by atoms with Gasteiger partial charge in [-0.05, 0) is 50.8 Å². The van der Waals surface area contributed by atoms with Crippen molar-refractivity contribution in [2.24, 2.45) is 0 Å². The number of para-hydroxylation sites is 1. The molecule has 3 heteroatoms. The van der Waals surface area contributed by atoms with Crippen LogP contribution in [-0.2, 0) is 6.42 Å². The van der Waals surface area contributed by atoms with Crippen molar-refractivity contribution in [3.63, 3.8) is 0 Å². The van der Waals surface area contributed by atoms with Crippen molar-refractivity contribution in [3.05, 3.63) is 29.8 Å². The van der Waals surface area contributed by atoms with Gasteiger partial charge in [0.05, 0.1) is 7.11 Å². The zero-order valence-corrected chi connectivity index (χ0v) is 11.5. The summed E-state index contributed by atoms with van der Waals surface area (Å²) >= 11 is 0. The first-order chi connectivity index (χ1) is 8.77. The van der Waals surface area contributed by atoms with Crippen LogP contribution in [0.25, 0.3) is 0 Å². The minimum Gasteiger partial charge on any atom is -0.496 e. The first-order valence-corrected chi connectivity index (χ1v) is 6.74. The van der Waals surface area contributed by atoms with Crippen LogP contribution in [0.3, 0.4) is 0 Å². The highest BCUT2D eigenvalue weighted by molar-refractivity contribution is 5.33. The number of aliphatic hydroxyl groups is 1. The highest BCUT2D eigenvalue weighted by atomic mass is 16.5. The van der Waals surface area contributed by atoms with Gasteiger partial charge in [-0.3, -0.25) is 0 Å². The fraction of sp³-hybridized carbons (Fsp3) is 0.600. The summed E-state index contributed by atoms with van der Waals surface area (Å²) in [5.41, 5.74) is 1.25. The van der Waals surface area contributed by atoms with E-state index in [-0.39, 0.29) is 0 Å². The predicted octanol–water partition coefficient (Wildman–Crippen LogP) is 2.38. The molecule has 1 rings (SSSR count). The van der Waals surface area contributed by atoms with Crippen LogP contribution < -0.4 is 10.1 Å². The molecule has 0 aliphatic heterocycles. The predicted molar refractivity (Wildman–Crippen MR) is 75.1 cm³/mol. The first-order valence-electron chi connectivity index (χ1n) is 6.74. The van der Waals surface area contributed by atoms with E-state index in [1.54, 1.807) is 7.11 Å². The molecule has 0 bridgehead atoms. The molecule has 0 amide bonds. The zero-order valence-electron chi connectivity index (χ0n) is 11.5. The average molecular weight is 251 g/mol. The Morgan fingerprint density at radius 3 is 2.72 bits per heavy atom. The summed E-state index contributed by atoms with van der Waals surface area (Å²) in [7, 11) is 1.71. The second-order valence-electron chi connectivity index (χ2n) is 4.66. The van der Waals surface area contributed by atoms with E-state index in [2.05, 4.69) is 18.3 Å². The number of rotatable bonds is 9. The second kappa shape index (κ2) is 8.95.